The lowest BCUT2D eigenvalue weighted by molar-refractivity contribution is -0.137. The summed E-state index contributed by atoms with van der Waals surface area (Å²) in [6.07, 6.45) is -0.861. The Bertz CT molecular complexity index is 931. The molecule has 1 unspecified atom stereocenters. The molecule has 0 fully saturated rings. The lowest BCUT2D eigenvalue weighted by atomic mass is 9.79. The number of thioether (sulfide) groups is 1. The van der Waals surface area contributed by atoms with Gasteiger partial charge in [0.15, 0.2) is 0 Å². The SMILES string of the molecule is CC1(c2cc(NC(=O)c3ccc(Cl)cn3)cc(C(F)(F)F)c2)C=C(N)SCC1. The zero-order valence-corrected chi connectivity index (χ0v) is 16.4. The van der Waals surface area contributed by atoms with Crippen molar-refractivity contribution >= 4 is 35.0 Å². The molecule has 0 saturated heterocycles. The highest BCUT2D eigenvalue weighted by atomic mass is 35.5. The molecule has 148 valence electrons. The molecule has 0 saturated carbocycles. The molecule has 1 aromatic carbocycles. The van der Waals surface area contributed by atoms with Crippen molar-refractivity contribution < 1.29 is 18.0 Å². The third kappa shape index (κ3) is 4.62. The van der Waals surface area contributed by atoms with Crippen molar-refractivity contribution in [2.75, 3.05) is 11.1 Å². The minimum Gasteiger partial charge on any atom is -0.394 e. The van der Waals surface area contributed by atoms with E-state index in [-0.39, 0.29) is 11.4 Å². The number of aromatic nitrogens is 1. The minimum absolute atomic E-state index is 0.0398. The second kappa shape index (κ2) is 7.67. The van der Waals surface area contributed by atoms with Crippen LogP contribution in [0, 0.1) is 0 Å². The topological polar surface area (TPSA) is 68.0 Å². The molecule has 0 radical (unpaired) electrons. The number of benzene rings is 1. The second-order valence-electron chi connectivity index (χ2n) is 6.68. The Morgan fingerprint density at radius 3 is 2.68 bits per heavy atom. The highest BCUT2D eigenvalue weighted by Crippen LogP contribution is 2.41. The number of carbonyl (C=O) groups is 1. The summed E-state index contributed by atoms with van der Waals surface area (Å²) in [7, 11) is 0. The van der Waals surface area contributed by atoms with Crippen molar-refractivity contribution in [2.24, 2.45) is 5.73 Å². The Hall–Kier alpha value is -2.19. The molecule has 28 heavy (non-hydrogen) atoms. The van der Waals surface area contributed by atoms with Crippen molar-refractivity contribution in [1.29, 1.82) is 0 Å². The molecule has 3 N–H and O–H groups in total. The van der Waals surface area contributed by atoms with E-state index in [4.69, 9.17) is 17.3 Å². The van der Waals surface area contributed by atoms with Gasteiger partial charge >= 0.3 is 6.18 Å². The zero-order valence-electron chi connectivity index (χ0n) is 14.8. The van der Waals surface area contributed by atoms with Gasteiger partial charge < -0.3 is 11.1 Å². The zero-order chi connectivity index (χ0) is 20.5. The van der Waals surface area contributed by atoms with Gasteiger partial charge in [0, 0.05) is 23.1 Å². The number of amides is 1. The minimum atomic E-state index is -4.55. The van der Waals surface area contributed by atoms with Gasteiger partial charge in [-0.3, -0.25) is 4.79 Å². The van der Waals surface area contributed by atoms with Crippen LogP contribution in [0.1, 0.15) is 35.0 Å². The van der Waals surface area contributed by atoms with E-state index >= 15 is 0 Å². The maximum atomic E-state index is 13.4. The molecule has 2 aromatic rings. The predicted octanol–water partition coefficient (Wildman–Crippen LogP) is 5.20. The molecule has 1 aliphatic rings. The van der Waals surface area contributed by atoms with Crippen molar-refractivity contribution in [3.05, 3.63) is 69.5 Å². The van der Waals surface area contributed by atoms with E-state index in [0.717, 1.165) is 12.1 Å². The third-order valence-corrected chi connectivity index (χ3v) is 5.57. The van der Waals surface area contributed by atoms with Crippen LogP contribution in [0.4, 0.5) is 18.9 Å². The van der Waals surface area contributed by atoms with Crippen LogP contribution in [-0.4, -0.2) is 16.6 Å². The van der Waals surface area contributed by atoms with Crippen LogP contribution in [0.2, 0.25) is 5.02 Å². The van der Waals surface area contributed by atoms with E-state index in [0.29, 0.717) is 27.8 Å². The van der Waals surface area contributed by atoms with Gasteiger partial charge in [0.1, 0.15) is 5.69 Å². The number of pyridine rings is 1. The van der Waals surface area contributed by atoms with Gasteiger partial charge in [-0.15, -0.1) is 11.8 Å². The normalized spacial score (nSPS) is 19.8. The summed E-state index contributed by atoms with van der Waals surface area (Å²) >= 11 is 7.21. The van der Waals surface area contributed by atoms with Gasteiger partial charge in [-0.05, 0) is 48.4 Å². The molecule has 9 heteroatoms. The lowest BCUT2D eigenvalue weighted by Crippen LogP contribution is -2.26. The second-order valence-corrected chi connectivity index (χ2v) is 8.28. The van der Waals surface area contributed by atoms with Crippen LogP contribution in [0.5, 0.6) is 0 Å². The summed E-state index contributed by atoms with van der Waals surface area (Å²) in [5.41, 5.74) is 4.92. The Morgan fingerprint density at radius 1 is 1.32 bits per heavy atom. The fraction of sp³-hybridized carbons (Fsp3) is 0.263. The summed E-state index contributed by atoms with van der Waals surface area (Å²) < 4.78 is 40.3. The number of alkyl halides is 3. The summed E-state index contributed by atoms with van der Waals surface area (Å²) in [4.78, 5) is 16.3. The quantitative estimate of drug-likeness (QED) is 0.706. The molecule has 1 aromatic heterocycles. The first-order chi connectivity index (χ1) is 13.1. The number of rotatable bonds is 3. The molecular formula is C19H17ClF3N3OS. The first kappa shape index (κ1) is 20.5. The smallest absolute Gasteiger partial charge is 0.394 e. The van der Waals surface area contributed by atoms with Crippen molar-refractivity contribution in [1.82, 2.24) is 4.98 Å². The van der Waals surface area contributed by atoms with Gasteiger partial charge in [-0.1, -0.05) is 18.5 Å². The Balaban J connectivity index is 2.00. The highest BCUT2D eigenvalue weighted by Gasteiger charge is 2.35. The monoisotopic (exact) mass is 427 g/mol. The number of carbonyl (C=O) groups excluding carboxylic acids is 1. The van der Waals surface area contributed by atoms with E-state index in [2.05, 4.69) is 10.3 Å². The van der Waals surface area contributed by atoms with Crippen LogP contribution < -0.4 is 11.1 Å². The maximum absolute atomic E-state index is 13.4. The fourth-order valence-corrected chi connectivity index (χ4v) is 4.15. The molecule has 3 rings (SSSR count). The fourth-order valence-electron chi connectivity index (χ4n) is 2.93. The number of nitrogens with one attached hydrogen (secondary N) is 1. The van der Waals surface area contributed by atoms with Crippen LogP contribution in [0.3, 0.4) is 0 Å². The number of hydrogen-bond donors (Lipinski definition) is 2. The number of nitrogens with zero attached hydrogens (tertiary/aromatic N) is 1. The Labute approximate surface area is 169 Å². The molecule has 0 bridgehead atoms. The largest absolute Gasteiger partial charge is 0.416 e. The molecule has 0 aliphatic carbocycles. The van der Waals surface area contributed by atoms with Gasteiger partial charge in [-0.25, -0.2) is 4.98 Å². The number of allylic oxidation sites excluding steroid dienone is 1. The van der Waals surface area contributed by atoms with Gasteiger partial charge in [0.05, 0.1) is 15.6 Å². The Morgan fingerprint density at radius 2 is 2.07 bits per heavy atom. The number of nitrogens with two attached hydrogens (primary N) is 1. The summed E-state index contributed by atoms with van der Waals surface area (Å²) in [5.74, 6) is 0.0761. The highest BCUT2D eigenvalue weighted by molar-refractivity contribution is 8.03. The third-order valence-electron chi connectivity index (χ3n) is 4.49. The summed E-state index contributed by atoms with van der Waals surface area (Å²) in [5, 5.41) is 3.42. The van der Waals surface area contributed by atoms with E-state index in [9.17, 15) is 18.0 Å². The predicted molar refractivity (Wildman–Crippen MR) is 105 cm³/mol. The summed E-state index contributed by atoms with van der Waals surface area (Å²) in [6, 6.07) is 6.44. The van der Waals surface area contributed by atoms with E-state index in [1.165, 1.54) is 30.1 Å². The van der Waals surface area contributed by atoms with Crippen LogP contribution in [-0.2, 0) is 11.6 Å². The van der Waals surface area contributed by atoms with Crippen LogP contribution in [0.25, 0.3) is 0 Å². The average molecular weight is 428 g/mol. The van der Waals surface area contributed by atoms with Crippen molar-refractivity contribution in [2.45, 2.75) is 24.9 Å². The molecule has 1 atom stereocenters. The molecule has 2 heterocycles. The first-order valence-corrected chi connectivity index (χ1v) is 9.70. The van der Waals surface area contributed by atoms with Gasteiger partial charge in [0.25, 0.3) is 5.91 Å². The Kier molecular flexibility index (Phi) is 5.63. The van der Waals surface area contributed by atoms with Crippen molar-refractivity contribution in [3.8, 4) is 0 Å². The molecule has 4 nitrogen and oxygen atoms in total. The van der Waals surface area contributed by atoms with E-state index in [1.807, 2.05) is 6.92 Å². The summed E-state index contributed by atoms with van der Waals surface area (Å²) in [6.45, 7) is 1.83. The number of hydrogen-bond acceptors (Lipinski definition) is 4. The van der Waals surface area contributed by atoms with E-state index < -0.39 is 23.1 Å². The van der Waals surface area contributed by atoms with Crippen LogP contribution >= 0.6 is 23.4 Å². The van der Waals surface area contributed by atoms with Crippen molar-refractivity contribution in [3.63, 3.8) is 0 Å². The first-order valence-electron chi connectivity index (χ1n) is 8.34. The standard InChI is InChI=1S/C19H17ClF3N3OS/c1-18(4-5-28-16(24)9-18)11-6-12(19(21,22)23)8-14(7-11)26-17(27)15-3-2-13(20)10-25-15/h2-3,6-10H,4-5,24H2,1H3,(H,26,27). The molecule has 1 aliphatic heterocycles. The molecule has 0 spiro atoms. The van der Waals surface area contributed by atoms with Crippen LogP contribution in [0.15, 0.2) is 47.6 Å². The maximum Gasteiger partial charge on any atom is 0.416 e. The number of anilines is 1. The van der Waals surface area contributed by atoms with Gasteiger partial charge in [-0.2, -0.15) is 13.2 Å². The molecular weight excluding hydrogens is 411 g/mol. The number of halogens is 4. The van der Waals surface area contributed by atoms with Gasteiger partial charge in [0.2, 0.25) is 0 Å². The lowest BCUT2D eigenvalue weighted by Gasteiger charge is -2.31. The van der Waals surface area contributed by atoms with E-state index in [1.54, 1.807) is 12.1 Å². The molecule has 1 amide bonds. The average Bonchev–Trinajstić information content (AvgIpc) is 2.61.